The predicted octanol–water partition coefficient (Wildman–Crippen LogP) is 2.90. The zero-order valence-corrected chi connectivity index (χ0v) is 15.9. The highest BCUT2D eigenvalue weighted by molar-refractivity contribution is 6.12. The molecule has 3 atom stereocenters. The second kappa shape index (κ2) is 6.54. The highest BCUT2D eigenvalue weighted by Crippen LogP contribution is 2.38. The van der Waals surface area contributed by atoms with Gasteiger partial charge < -0.3 is 20.2 Å². The van der Waals surface area contributed by atoms with Crippen molar-refractivity contribution in [3.63, 3.8) is 0 Å². The van der Waals surface area contributed by atoms with E-state index in [0.717, 1.165) is 43.6 Å². The van der Waals surface area contributed by atoms with Gasteiger partial charge in [0.05, 0.1) is 5.92 Å². The van der Waals surface area contributed by atoms with Gasteiger partial charge in [-0.15, -0.1) is 0 Å². The average Bonchev–Trinajstić information content (AvgIpc) is 3.05. The Bertz CT molecular complexity index is 851. The number of nitrogens with zero attached hydrogens (tertiary/aromatic N) is 2. The first kappa shape index (κ1) is 17.3. The van der Waals surface area contributed by atoms with Gasteiger partial charge in [0.2, 0.25) is 5.91 Å². The molecule has 0 spiro atoms. The highest BCUT2D eigenvalue weighted by atomic mass is 16.2. The lowest BCUT2D eigenvalue weighted by atomic mass is 9.73. The van der Waals surface area contributed by atoms with Gasteiger partial charge in [-0.05, 0) is 45.4 Å². The number of piperidine rings is 1. The van der Waals surface area contributed by atoms with Crippen molar-refractivity contribution in [1.29, 1.82) is 5.41 Å². The second-order valence-corrected chi connectivity index (χ2v) is 7.71. The summed E-state index contributed by atoms with van der Waals surface area (Å²) in [6.07, 6.45) is 3.96. The van der Waals surface area contributed by atoms with E-state index < -0.39 is 0 Å². The molecule has 1 aliphatic heterocycles. The van der Waals surface area contributed by atoms with Gasteiger partial charge in [0, 0.05) is 60.0 Å². The molecule has 1 saturated heterocycles. The summed E-state index contributed by atoms with van der Waals surface area (Å²) in [6, 6.07) is 6.53. The van der Waals surface area contributed by atoms with Crippen molar-refractivity contribution in [2.45, 2.75) is 32.7 Å². The van der Waals surface area contributed by atoms with Gasteiger partial charge in [-0.1, -0.05) is 12.1 Å². The molecular formula is C21H28N4O. The molecule has 0 saturated carbocycles. The molecule has 2 bridgehead atoms. The predicted molar refractivity (Wildman–Crippen MR) is 105 cm³/mol. The normalized spacial score (nSPS) is 25.8. The van der Waals surface area contributed by atoms with Gasteiger partial charge >= 0.3 is 0 Å². The fourth-order valence-corrected chi connectivity index (χ4v) is 4.90. The number of carbonyl (C=O) groups excluding carboxylic acids is 1. The van der Waals surface area contributed by atoms with E-state index in [1.807, 2.05) is 24.8 Å². The molecule has 2 N–H and O–H groups in total. The Kier molecular flexibility index (Phi) is 4.35. The Labute approximate surface area is 154 Å². The number of nitrogens with one attached hydrogen (secondary N) is 2. The first-order valence-electron chi connectivity index (χ1n) is 9.71. The number of hydrogen-bond donors (Lipinski definition) is 2. The summed E-state index contributed by atoms with van der Waals surface area (Å²) in [4.78, 5) is 20.8. The number of carbonyl (C=O) groups is 1. The first-order chi connectivity index (χ1) is 12.5. The maximum atomic E-state index is 13.2. The van der Waals surface area contributed by atoms with Crippen molar-refractivity contribution >= 4 is 22.5 Å². The van der Waals surface area contributed by atoms with Crippen LogP contribution in [0.3, 0.4) is 0 Å². The minimum Gasteiger partial charge on any atom is -0.361 e. The van der Waals surface area contributed by atoms with Crippen LogP contribution in [0.1, 0.15) is 31.4 Å². The Morgan fingerprint density at radius 2 is 2.12 bits per heavy atom. The van der Waals surface area contributed by atoms with Crippen molar-refractivity contribution in [3.05, 3.63) is 35.5 Å². The molecule has 2 aliphatic rings. The summed E-state index contributed by atoms with van der Waals surface area (Å²) in [7, 11) is 2.13. The van der Waals surface area contributed by atoms with Crippen LogP contribution in [0.15, 0.2) is 24.4 Å². The molecule has 1 aliphatic carbocycles. The second-order valence-electron chi connectivity index (χ2n) is 7.71. The summed E-state index contributed by atoms with van der Waals surface area (Å²) in [5, 5.41) is 10.2. The fraction of sp³-hybridized carbons (Fsp3) is 0.524. The molecule has 2 aromatic rings. The lowest BCUT2D eigenvalue weighted by molar-refractivity contribution is -0.138. The van der Waals surface area contributed by atoms with E-state index in [1.165, 1.54) is 10.9 Å². The Balaban J connectivity index is 1.80. The quantitative estimate of drug-likeness (QED) is 0.892. The van der Waals surface area contributed by atoms with E-state index in [4.69, 9.17) is 5.41 Å². The minimum absolute atomic E-state index is 0.00190. The van der Waals surface area contributed by atoms with Crippen LogP contribution in [0.4, 0.5) is 0 Å². The number of amides is 1. The molecule has 1 unspecified atom stereocenters. The maximum absolute atomic E-state index is 13.2. The summed E-state index contributed by atoms with van der Waals surface area (Å²) in [5.74, 6) is 0.0782. The lowest BCUT2D eigenvalue weighted by Crippen LogP contribution is -2.54. The summed E-state index contributed by atoms with van der Waals surface area (Å²) in [6.45, 7) is 6.27. The van der Waals surface area contributed by atoms with E-state index in [9.17, 15) is 4.79 Å². The number of H-pyrrole nitrogens is 1. The zero-order valence-electron chi connectivity index (χ0n) is 15.9. The number of likely N-dealkylation sites (tertiary alicyclic amines) is 1. The molecule has 5 nitrogen and oxygen atoms in total. The summed E-state index contributed by atoms with van der Waals surface area (Å²) >= 11 is 0. The Morgan fingerprint density at radius 3 is 2.85 bits per heavy atom. The Morgan fingerprint density at radius 1 is 1.35 bits per heavy atom. The van der Waals surface area contributed by atoms with Crippen LogP contribution in [-0.4, -0.2) is 59.1 Å². The van der Waals surface area contributed by atoms with Crippen LogP contribution in [0.2, 0.25) is 0 Å². The van der Waals surface area contributed by atoms with Gasteiger partial charge in [0.15, 0.2) is 0 Å². The largest absolute Gasteiger partial charge is 0.361 e. The van der Waals surface area contributed by atoms with Crippen molar-refractivity contribution in [3.8, 4) is 0 Å². The van der Waals surface area contributed by atoms with E-state index in [-0.39, 0.29) is 17.7 Å². The highest BCUT2D eigenvalue weighted by Gasteiger charge is 2.43. The van der Waals surface area contributed by atoms with Crippen LogP contribution in [0, 0.1) is 17.2 Å². The zero-order chi connectivity index (χ0) is 18.4. The van der Waals surface area contributed by atoms with Crippen LogP contribution in [0.5, 0.6) is 0 Å². The number of benzene rings is 1. The van der Waals surface area contributed by atoms with Gasteiger partial charge in [0.25, 0.3) is 0 Å². The third-order valence-corrected chi connectivity index (χ3v) is 6.42. The molecular weight excluding hydrogens is 324 g/mol. The number of fused-ring (bicyclic) bond motifs is 2. The topological polar surface area (TPSA) is 63.2 Å². The maximum Gasteiger partial charge on any atom is 0.227 e. The van der Waals surface area contributed by atoms with Gasteiger partial charge in [-0.3, -0.25) is 4.79 Å². The van der Waals surface area contributed by atoms with Crippen LogP contribution >= 0.6 is 0 Å². The molecule has 1 amide bonds. The van der Waals surface area contributed by atoms with Crippen molar-refractivity contribution < 1.29 is 4.79 Å². The molecule has 0 radical (unpaired) electrons. The van der Waals surface area contributed by atoms with E-state index >= 15 is 0 Å². The number of aromatic nitrogens is 1. The molecule has 1 aromatic heterocycles. The molecule has 138 valence electrons. The SMILES string of the molecule is CCN(CC)C(=O)[C@H]1CN(C)[C@H]2Cc3c[nH]c4cccc(c34)C(=N)C1C2. The molecule has 5 heteroatoms. The minimum atomic E-state index is -0.126. The van der Waals surface area contributed by atoms with Gasteiger partial charge in [0.1, 0.15) is 0 Å². The molecule has 2 heterocycles. The van der Waals surface area contributed by atoms with E-state index in [0.29, 0.717) is 11.8 Å². The third-order valence-electron chi connectivity index (χ3n) is 6.42. The van der Waals surface area contributed by atoms with Gasteiger partial charge in [-0.2, -0.15) is 0 Å². The molecule has 4 rings (SSSR count). The van der Waals surface area contributed by atoms with Crippen molar-refractivity contribution in [1.82, 2.24) is 14.8 Å². The third kappa shape index (κ3) is 2.57. The lowest BCUT2D eigenvalue weighted by Gasteiger charge is -2.44. The summed E-state index contributed by atoms with van der Waals surface area (Å²) < 4.78 is 0. The number of likely N-dealkylation sites (N-methyl/N-ethyl adjacent to an activating group) is 1. The fourth-order valence-electron chi connectivity index (χ4n) is 4.90. The van der Waals surface area contributed by atoms with Crippen LogP contribution in [-0.2, 0) is 11.2 Å². The van der Waals surface area contributed by atoms with Crippen molar-refractivity contribution in [2.75, 3.05) is 26.7 Å². The smallest absolute Gasteiger partial charge is 0.227 e. The van der Waals surface area contributed by atoms with E-state index in [1.54, 1.807) is 0 Å². The van der Waals surface area contributed by atoms with E-state index in [2.05, 4.69) is 35.3 Å². The van der Waals surface area contributed by atoms with Crippen LogP contribution < -0.4 is 0 Å². The van der Waals surface area contributed by atoms with Crippen molar-refractivity contribution in [2.24, 2.45) is 11.8 Å². The first-order valence-corrected chi connectivity index (χ1v) is 9.71. The number of hydrogen-bond acceptors (Lipinski definition) is 3. The Hall–Kier alpha value is -2.14. The summed E-state index contributed by atoms with van der Waals surface area (Å²) in [5.41, 5.74) is 4.03. The number of aromatic amines is 1. The molecule has 26 heavy (non-hydrogen) atoms. The monoisotopic (exact) mass is 352 g/mol. The van der Waals surface area contributed by atoms with Crippen LogP contribution in [0.25, 0.3) is 10.9 Å². The average molecular weight is 352 g/mol. The standard InChI is InChI=1S/C21H28N4O/c1-4-25(5-2)21(26)17-12-24(3)14-9-13-11-23-18-8-6-7-15(19(13)18)20(22)16(17)10-14/h6-8,11,14,16-17,22-23H,4-5,9-10,12H2,1-3H3/t14-,16?,17-/m0/s1. The molecule has 1 fully saturated rings. The van der Waals surface area contributed by atoms with Gasteiger partial charge in [-0.25, -0.2) is 0 Å². The number of rotatable bonds is 3. The molecule has 1 aromatic carbocycles.